The summed E-state index contributed by atoms with van der Waals surface area (Å²) in [5, 5.41) is 24.1. The molecule has 17 aromatic rings. The summed E-state index contributed by atoms with van der Waals surface area (Å²) in [7, 11) is -1.65. The molecule has 0 spiro atoms. The molecule has 0 fully saturated rings. The van der Waals surface area contributed by atoms with Crippen molar-refractivity contribution in [1.82, 2.24) is 0 Å². The standard InChI is InChI=1S/2C30H25N2P.7C7H7.2Zr/c2*1-4-12-24(13-5-1)23-31-30(32-27-21-20-25-14-10-11-15-26(25)22-27)33(28-16-6-2-7-17-28)29-18-8-3-9-19-29;7*1-7-5-3-2-4-6-7;;/h1-22H,23H2,(H,31,32);1-22,30H,23H2;7*2-6H,1H2;;/q;-2;7*-1;;+4. The van der Waals surface area contributed by atoms with Gasteiger partial charge in [0, 0.05) is 39.8 Å². The topological polar surface area (TPSA) is 52.6 Å². The number of benzene rings is 17. The molecule has 4 nitrogen and oxygen atoms in total. The fourth-order valence-corrected chi connectivity index (χ4v) is 15.6. The van der Waals surface area contributed by atoms with E-state index >= 15 is 0 Å². The predicted molar refractivity (Wildman–Crippen MR) is 504 cm³/mol. The Morgan fingerprint density at radius 1 is 0.274 bits per heavy atom. The third kappa shape index (κ3) is 35.9. The van der Waals surface area contributed by atoms with E-state index in [0.717, 1.165) is 55.9 Å². The molecule has 8 heteroatoms. The van der Waals surface area contributed by atoms with Crippen LogP contribution in [-0.4, -0.2) is 11.5 Å². The van der Waals surface area contributed by atoms with Crippen molar-refractivity contribution < 1.29 is 52.4 Å². The molecule has 0 saturated heterocycles. The van der Waals surface area contributed by atoms with Crippen LogP contribution in [-0.2, 0) is 65.5 Å². The average Bonchev–Trinajstić information content (AvgIpc) is 0.812. The van der Waals surface area contributed by atoms with Gasteiger partial charge in [0.25, 0.3) is 0 Å². The van der Waals surface area contributed by atoms with Crippen molar-refractivity contribution >= 4 is 75.6 Å². The number of aliphatic imine (C=N–C) groups is 1. The van der Waals surface area contributed by atoms with Gasteiger partial charge in [-0.1, -0.05) is 311 Å². The van der Waals surface area contributed by atoms with Crippen molar-refractivity contribution in [2.75, 3.05) is 5.32 Å². The van der Waals surface area contributed by atoms with Crippen molar-refractivity contribution in [2.24, 2.45) is 4.99 Å². The van der Waals surface area contributed by atoms with E-state index in [0.29, 0.717) is 13.1 Å². The van der Waals surface area contributed by atoms with Crippen molar-refractivity contribution in [3.05, 3.63) is 588 Å². The molecular formula is C109H99N4P2Zr2-5. The first-order valence-electron chi connectivity index (χ1n) is 38.1. The third-order valence-electron chi connectivity index (χ3n) is 17.0. The second-order valence-electron chi connectivity index (χ2n) is 26.1. The molecule has 0 saturated carbocycles. The summed E-state index contributed by atoms with van der Waals surface area (Å²) in [6, 6.07) is 163. The molecule has 0 bridgehead atoms. The summed E-state index contributed by atoms with van der Waals surface area (Å²) < 4.78 is 0. The summed E-state index contributed by atoms with van der Waals surface area (Å²) in [4.78, 5) is 5.16. The zero-order valence-electron chi connectivity index (χ0n) is 66.3. The first kappa shape index (κ1) is 92.4. The molecule has 1 atom stereocenters. The summed E-state index contributed by atoms with van der Waals surface area (Å²) in [6.07, 6.45) is 0. The molecule has 0 aliphatic rings. The van der Waals surface area contributed by atoms with Gasteiger partial charge < -0.3 is 16.0 Å². The minimum absolute atomic E-state index is 0. The molecule has 0 radical (unpaired) electrons. The number of rotatable bonds is 14. The van der Waals surface area contributed by atoms with Crippen molar-refractivity contribution in [3.8, 4) is 0 Å². The van der Waals surface area contributed by atoms with E-state index in [1.165, 1.54) is 53.9 Å². The van der Waals surface area contributed by atoms with Crippen LogP contribution in [0.25, 0.3) is 32.2 Å². The van der Waals surface area contributed by atoms with E-state index in [-0.39, 0.29) is 58.3 Å². The Morgan fingerprint density at radius 2 is 0.530 bits per heavy atom. The Labute approximate surface area is 739 Å². The number of nitrogens with one attached hydrogen (secondary N) is 1. The fourth-order valence-electron chi connectivity index (χ4n) is 11.1. The molecule has 0 aliphatic heterocycles. The zero-order valence-corrected chi connectivity index (χ0v) is 73.0. The number of nitrogens with zero attached hydrogens (tertiary/aromatic N) is 3. The van der Waals surface area contributed by atoms with Crippen LogP contribution in [0, 0.1) is 48.5 Å². The van der Waals surface area contributed by atoms with E-state index in [4.69, 9.17) is 15.6 Å². The second kappa shape index (κ2) is 54.9. The molecule has 0 aromatic heterocycles. The molecule has 17 rings (SSSR count). The summed E-state index contributed by atoms with van der Waals surface area (Å²) in [6.45, 7) is 27.3. The predicted octanol–water partition coefficient (Wildman–Crippen LogP) is 27.9. The Bertz CT molecular complexity index is 4940. The van der Waals surface area contributed by atoms with E-state index < -0.39 is 15.8 Å². The normalized spacial score (nSPS) is 10.3. The Hall–Kier alpha value is -11.8. The maximum atomic E-state index is 5.24. The van der Waals surface area contributed by atoms with Gasteiger partial charge in [-0.2, -0.15) is 178 Å². The Balaban J connectivity index is 0.000000204. The third-order valence-corrected chi connectivity index (χ3v) is 21.7. The molecule has 1 N–H and O–H groups in total. The first-order valence-corrected chi connectivity index (χ1v) is 40.9. The first-order chi connectivity index (χ1) is 56.5. The van der Waals surface area contributed by atoms with Crippen LogP contribution in [0.15, 0.2) is 484 Å². The minimum Gasteiger partial charge on any atom is -0.695 e. The Kier molecular flexibility index (Phi) is 43.3. The number of anilines is 1. The molecule has 0 amide bonds. The molecular weight excluding hydrogens is 1610 g/mol. The van der Waals surface area contributed by atoms with E-state index in [1.54, 1.807) is 0 Å². The summed E-state index contributed by atoms with van der Waals surface area (Å²) in [5.41, 5.74) is 12.9. The van der Waals surface area contributed by atoms with Crippen molar-refractivity contribution in [3.63, 3.8) is 0 Å². The van der Waals surface area contributed by atoms with Gasteiger partial charge in [0.1, 0.15) is 5.58 Å². The van der Waals surface area contributed by atoms with Gasteiger partial charge in [0.2, 0.25) is 0 Å². The number of hydrogen-bond acceptors (Lipinski definition) is 1. The SMILES string of the molecule is [CH2-]c1ccccc1.[CH2-]c1ccccc1.[CH2-]c1ccccc1.[CH2-]c1ccccc1.[CH2-]c1ccccc1.[CH2-]c1ccccc1.[CH2-]c1ccccc1.[Zr+4].[Zr].c1ccc(CN=C(Nc2ccc3ccccc3c2)P(c2ccccc2)c2ccccc2)cc1.c1ccc(C[N-]C([N-]c2ccc3ccccc3c2)P(c2ccccc2)c2ccccc2)cc1. The smallest absolute Gasteiger partial charge is 0.695 e. The van der Waals surface area contributed by atoms with Gasteiger partial charge in [-0.25, -0.2) is 0 Å². The maximum absolute atomic E-state index is 5.24. The minimum atomic E-state index is -0.839. The van der Waals surface area contributed by atoms with E-state index in [9.17, 15) is 0 Å². The van der Waals surface area contributed by atoms with Crippen LogP contribution in [0.2, 0.25) is 0 Å². The second-order valence-corrected chi connectivity index (χ2v) is 30.5. The molecule has 0 aliphatic carbocycles. The molecule has 17 aromatic carbocycles. The molecule has 1 unspecified atom stereocenters. The van der Waals surface area contributed by atoms with Gasteiger partial charge in [0.05, 0.1) is 6.54 Å². The molecule has 117 heavy (non-hydrogen) atoms. The Morgan fingerprint density at radius 3 is 0.838 bits per heavy atom. The van der Waals surface area contributed by atoms with Crippen molar-refractivity contribution in [1.29, 1.82) is 0 Å². The molecule has 0 heterocycles. The van der Waals surface area contributed by atoms with Gasteiger partial charge >= 0.3 is 26.2 Å². The number of hydrogen-bond donors (Lipinski definition) is 1. The fraction of sp³-hybridized carbons (Fsp3) is 0.0275. The van der Waals surface area contributed by atoms with Crippen LogP contribution in [0.4, 0.5) is 11.4 Å². The van der Waals surface area contributed by atoms with Crippen molar-refractivity contribution in [2.45, 2.75) is 19.0 Å². The van der Waals surface area contributed by atoms with Gasteiger partial charge in [0.15, 0.2) is 0 Å². The van der Waals surface area contributed by atoms with Crippen LogP contribution in [0.3, 0.4) is 0 Å². The van der Waals surface area contributed by atoms with Gasteiger partial charge in [-0.05, 0) is 60.5 Å². The monoisotopic (exact) mass is 1710 g/mol. The van der Waals surface area contributed by atoms with Crippen LogP contribution < -0.4 is 26.5 Å². The van der Waals surface area contributed by atoms with E-state index in [1.807, 2.05) is 224 Å². The zero-order chi connectivity index (χ0) is 80.4. The van der Waals surface area contributed by atoms with Crippen LogP contribution in [0.1, 0.15) is 50.1 Å². The van der Waals surface area contributed by atoms with Crippen LogP contribution in [0.5, 0.6) is 0 Å². The summed E-state index contributed by atoms with van der Waals surface area (Å²) >= 11 is 0. The van der Waals surface area contributed by atoms with Gasteiger partial charge in [-0.15, -0.1) is 97.2 Å². The quantitative estimate of drug-likeness (QED) is 0.0502. The maximum Gasteiger partial charge on any atom is 4.00 e. The average molecular weight is 1710 g/mol. The summed E-state index contributed by atoms with van der Waals surface area (Å²) in [5.74, 6) is -0.189. The largest absolute Gasteiger partial charge is 4.00 e. The van der Waals surface area contributed by atoms with Gasteiger partial charge in [-0.3, -0.25) is 4.99 Å². The number of fused-ring (bicyclic) bond motifs is 2. The van der Waals surface area contributed by atoms with E-state index in [2.05, 4.69) is 309 Å². The van der Waals surface area contributed by atoms with Crippen LogP contribution >= 0.6 is 15.8 Å². The number of amidine groups is 1. The molecule has 578 valence electrons.